The molecule has 0 radical (unpaired) electrons. The molecule has 2 bridgehead atoms. The number of allylic oxidation sites excluding steroid dienone is 2. The zero-order valence-electron chi connectivity index (χ0n) is 13.8. The van der Waals surface area contributed by atoms with Crippen molar-refractivity contribution in [1.82, 2.24) is 9.80 Å². The van der Waals surface area contributed by atoms with Gasteiger partial charge in [0.25, 0.3) is 0 Å². The van der Waals surface area contributed by atoms with Crippen LogP contribution in [0.1, 0.15) is 24.1 Å². The first kappa shape index (κ1) is 15.3. The standard InChI is InChI=1S/C19H20N2O3S/c22-15(20(13-5-6-13)9-14-2-1-7-25-14)10-21-18(23)16-11-3-4-12(8-11)17(16)19(21)24/h1-4,7,11-13,16-17H,5-6,8-10H2/t11-,12-,16-,17-/m0/s1. The summed E-state index contributed by atoms with van der Waals surface area (Å²) in [7, 11) is 0. The van der Waals surface area contributed by atoms with Crippen molar-refractivity contribution >= 4 is 29.1 Å². The lowest BCUT2D eigenvalue weighted by molar-refractivity contribution is -0.147. The van der Waals surface area contributed by atoms with E-state index in [4.69, 9.17) is 0 Å². The van der Waals surface area contributed by atoms with Gasteiger partial charge in [0.05, 0.1) is 18.4 Å². The zero-order valence-corrected chi connectivity index (χ0v) is 14.7. The van der Waals surface area contributed by atoms with Crippen LogP contribution in [0.5, 0.6) is 0 Å². The van der Waals surface area contributed by atoms with Crippen molar-refractivity contribution in [2.45, 2.75) is 31.8 Å². The molecule has 0 N–H and O–H groups in total. The highest BCUT2D eigenvalue weighted by Crippen LogP contribution is 2.52. The summed E-state index contributed by atoms with van der Waals surface area (Å²) in [6.45, 7) is 0.489. The molecule has 3 amide bonds. The van der Waals surface area contributed by atoms with E-state index in [2.05, 4.69) is 12.2 Å². The lowest BCUT2D eigenvalue weighted by atomic mass is 9.85. The van der Waals surface area contributed by atoms with Gasteiger partial charge >= 0.3 is 0 Å². The van der Waals surface area contributed by atoms with Crippen LogP contribution < -0.4 is 0 Å². The Hall–Kier alpha value is -1.95. The number of imide groups is 1. The SMILES string of the molecule is O=C1[C@@H]2[C@@H](C(=O)N1CC(=O)N(Cc1cccs1)C1CC1)[C@H]1C=C[C@H]2C1. The van der Waals surface area contributed by atoms with Crippen LogP contribution in [0.2, 0.25) is 0 Å². The van der Waals surface area contributed by atoms with Gasteiger partial charge in [0.2, 0.25) is 17.7 Å². The second-order valence-electron chi connectivity index (χ2n) is 7.59. The van der Waals surface area contributed by atoms with Crippen molar-refractivity contribution in [2.75, 3.05) is 6.54 Å². The normalized spacial score (nSPS) is 32.6. The molecule has 2 saturated carbocycles. The van der Waals surface area contributed by atoms with E-state index in [1.807, 2.05) is 22.4 Å². The molecule has 0 aromatic carbocycles. The summed E-state index contributed by atoms with van der Waals surface area (Å²) in [6.07, 6.45) is 7.10. The molecule has 4 aliphatic rings. The average Bonchev–Trinajstić information content (AvgIpc) is 2.98. The number of carbonyl (C=O) groups is 3. The minimum atomic E-state index is -0.220. The molecular weight excluding hydrogens is 336 g/mol. The Morgan fingerprint density at radius 2 is 1.84 bits per heavy atom. The highest BCUT2D eigenvalue weighted by atomic mass is 32.1. The summed E-state index contributed by atoms with van der Waals surface area (Å²) in [5.41, 5.74) is 0. The van der Waals surface area contributed by atoms with Crippen molar-refractivity contribution in [3.63, 3.8) is 0 Å². The highest BCUT2D eigenvalue weighted by molar-refractivity contribution is 7.09. The lowest BCUT2D eigenvalue weighted by Crippen LogP contribution is -2.44. The van der Waals surface area contributed by atoms with Gasteiger partial charge in [-0.05, 0) is 42.5 Å². The number of rotatable bonds is 5. The Morgan fingerprint density at radius 3 is 2.40 bits per heavy atom. The number of carbonyl (C=O) groups excluding carboxylic acids is 3. The number of hydrogen-bond acceptors (Lipinski definition) is 4. The summed E-state index contributed by atoms with van der Waals surface area (Å²) >= 11 is 1.63. The molecule has 5 nitrogen and oxygen atoms in total. The number of nitrogens with zero attached hydrogens (tertiary/aromatic N) is 2. The zero-order chi connectivity index (χ0) is 17.1. The van der Waals surface area contributed by atoms with E-state index in [1.54, 1.807) is 11.3 Å². The second kappa shape index (κ2) is 5.53. The first-order valence-corrected chi connectivity index (χ1v) is 9.87. The fourth-order valence-electron chi connectivity index (χ4n) is 4.72. The lowest BCUT2D eigenvalue weighted by Gasteiger charge is -2.25. The molecule has 3 fully saturated rings. The van der Waals surface area contributed by atoms with E-state index < -0.39 is 0 Å². The van der Waals surface area contributed by atoms with Gasteiger partial charge < -0.3 is 4.90 Å². The first-order chi connectivity index (χ1) is 12.1. The Morgan fingerprint density at radius 1 is 1.16 bits per heavy atom. The molecule has 1 aromatic rings. The molecule has 6 heteroatoms. The molecule has 1 aliphatic heterocycles. The van der Waals surface area contributed by atoms with Gasteiger partial charge in [0.1, 0.15) is 6.54 Å². The quantitative estimate of drug-likeness (QED) is 0.599. The van der Waals surface area contributed by atoms with Gasteiger partial charge in [-0.3, -0.25) is 19.3 Å². The Balaban J connectivity index is 1.32. The van der Waals surface area contributed by atoms with Crippen molar-refractivity contribution in [2.24, 2.45) is 23.7 Å². The molecule has 1 aromatic heterocycles. The molecule has 2 heterocycles. The van der Waals surface area contributed by atoms with Crippen molar-refractivity contribution in [3.05, 3.63) is 34.5 Å². The predicted molar refractivity (Wildman–Crippen MR) is 92.3 cm³/mol. The summed E-state index contributed by atoms with van der Waals surface area (Å²) in [4.78, 5) is 42.6. The van der Waals surface area contributed by atoms with E-state index in [0.717, 1.165) is 24.1 Å². The van der Waals surface area contributed by atoms with Crippen molar-refractivity contribution in [1.29, 1.82) is 0 Å². The van der Waals surface area contributed by atoms with Crippen LogP contribution in [-0.2, 0) is 20.9 Å². The van der Waals surface area contributed by atoms with Gasteiger partial charge in [-0.1, -0.05) is 18.2 Å². The van der Waals surface area contributed by atoms with Crippen LogP contribution in [0.3, 0.4) is 0 Å². The molecule has 3 aliphatic carbocycles. The third-order valence-corrected chi connectivity index (χ3v) is 6.93. The third kappa shape index (κ3) is 2.38. The molecule has 4 atom stereocenters. The maximum absolute atomic E-state index is 12.9. The Labute approximate surface area is 150 Å². The van der Waals surface area contributed by atoms with E-state index in [0.29, 0.717) is 6.54 Å². The molecular formula is C19H20N2O3S. The van der Waals surface area contributed by atoms with Gasteiger partial charge in [-0.25, -0.2) is 0 Å². The van der Waals surface area contributed by atoms with Gasteiger partial charge in [-0.2, -0.15) is 0 Å². The summed E-state index contributed by atoms with van der Waals surface area (Å²) < 4.78 is 0. The molecule has 0 unspecified atom stereocenters. The van der Waals surface area contributed by atoms with Crippen LogP contribution in [0.25, 0.3) is 0 Å². The fraction of sp³-hybridized carbons (Fsp3) is 0.526. The minimum Gasteiger partial charge on any atom is -0.333 e. The number of amides is 3. The topological polar surface area (TPSA) is 57.7 Å². The average molecular weight is 356 g/mol. The largest absolute Gasteiger partial charge is 0.333 e. The number of hydrogen-bond donors (Lipinski definition) is 0. The van der Waals surface area contributed by atoms with Crippen LogP contribution in [0, 0.1) is 23.7 Å². The van der Waals surface area contributed by atoms with E-state index >= 15 is 0 Å². The minimum absolute atomic E-state index is 0.0913. The second-order valence-corrected chi connectivity index (χ2v) is 8.63. The monoisotopic (exact) mass is 356 g/mol. The number of thiophene rings is 1. The number of likely N-dealkylation sites (tertiary alicyclic amines) is 1. The summed E-state index contributed by atoms with van der Waals surface area (Å²) in [5, 5.41) is 2.00. The van der Waals surface area contributed by atoms with Crippen molar-refractivity contribution in [3.8, 4) is 0 Å². The number of fused-ring (bicyclic) bond motifs is 5. The van der Waals surface area contributed by atoms with E-state index in [-0.39, 0.29) is 54.0 Å². The van der Waals surface area contributed by atoms with Crippen LogP contribution in [-0.4, -0.2) is 40.1 Å². The van der Waals surface area contributed by atoms with Crippen LogP contribution >= 0.6 is 11.3 Å². The first-order valence-electron chi connectivity index (χ1n) is 8.99. The van der Waals surface area contributed by atoms with Gasteiger partial charge in [0.15, 0.2) is 0 Å². The maximum Gasteiger partial charge on any atom is 0.243 e. The third-order valence-electron chi connectivity index (χ3n) is 6.07. The van der Waals surface area contributed by atoms with E-state index in [9.17, 15) is 14.4 Å². The maximum atomic E-state index is 12.9. The predicted octanol–water partition coefficient (Wildman–Crippen LogP) is 2.05. The fourth-order valence-corrected chi connectivity index (χ4v) is 5.43. The summed E-state index contributed by atoms with van der Waals surface area (Å²) in [5.74, 6) is -0.421. The molecule has 0 spiro atoms. The summed E-state index contributed by atoms with van der Waals surface area (Å²) in [6, 6.07) is 4.26. The molecule has 25 heavy (non-hydrogen) atoms. The van der Waals surface area contributed by atoms with Crippen molar-refractivity contribution < 1.29 is 14.4 Å². The highest BCUT2D eigenvalue weighted by Gasteiger charge is 2.59. The van der Waals surface area contributed by atoms with Crippen LogP contribution in [0.4, 0.5) is 0 Å². The smallest absolute Gasteiger partial charge is 0.243 e. The van der Waals surface area contributed by atoms with Crippen LogP contribution in [0.15, 0.2) is 29.7 Å². The Kier molecular flexibility index (Phi) is 3.39. The molecule has 1 saturated heterocycles. The van der Waals surface area contributed by atoms with Gasteiger partial charge in [0, 0.05) is 10.9 Å². The van der Waals surface area contributed by atoms with E-state index in [1.165, 1.54) is 4.90 Å². The van der Waals surface area contributed by atoms with Gasteiger partial charge in [-0.15, -0.1) is 11.3 Å². The Bertz CT molecular complexity index is 738. The molecule has 5 rings (SSSR count). The molecule has 130 valence electrons.